The van der Waals surface area contributed by atoms with Crippen LogP contribution in [0.2, 0.25) is 0 Å². The lowest BCUT2D eigenvalue weighted by molar-refractivity contribution is -0.130. The number of nitrogens with zero attached hydrogens (tertiary/aromatic N) is 2. The first kappa shape index (κ1) is 15.6. The highest BCUT2D eigenvalue weighted by molar-refractivity contribution is 7.22. The van der Waals surface area contributed by atoms with Gasteiger partial charge in [0.05, 0.1) is 21.3 Å². The third kappa shape index (κ3) is 1.72. The molecule has 4 rings (SSSR count). The molecule has 2 N–H and O–H groups in total. The van der Waals surface area contributed by atoms with Gasteiger partial charge in [-0.25, -0.2) is 4.98 Å². The number of nitrogens with one attached hydrogen (secondary N) is 1. The third-order valence-electron chi connectivity index (χ3n) is 6.80. The van der Waals surface area contributed by atoms with Crippen LogP contribution in [0, 0.1) is 16.2 Å². The average molecular weight is 343 g/mol. The summed E-state index contributed by atoms with van der Waals surface area (Å²) in [6, 6.07) is 7.86. The number of hydrogen-bond acceptors (Lipinski definition) is 5. The molecule has 0 aliphatic heterocycles. The molecule has 2 fully saturated rings. The summed E-state index contributed by atoms with van der Waals surface area (Å²) in [7, 11) is 0. The highest BCUT2D eigenvalue weighted by Crippen LogP contribution is 2.71. The summed E-state index contributed by atoms with van der Waals surface area (Å²) < 4.78 is 1.06. The second kappa shape index (κ2) is 4.79. The van der Waals surface area contributed by atoms with Crippen molar-refractivity contribution >= 4 is 38.3 Å². The number of oxime groups is 1. The number of hydrogen-bond donors (Lipinski definition) is 2. The maximum atomic E-state index is 13.2. The number of carbonyl (C=O) groups excluding carboxylic acids is 1. The Balaban J connectivity index is 1.69. The van der Waals surface area contributed by atoms with E-state index in [1.54, 1.807) is 0 Å². The molecule has 5 nitrogen and oxygen atoms in total. The van der Waals surface area contributed by atoms with E-state index in [1.807, 2.05) is 24.3 Å². The van der Waals surface area contributed by atoms with Crippen molar-refractivity contribution in [2.24, 2.45) is 21.4 Å². The SMILES string of the molecule is CC12CCC(C(=O)Nc3nc4ccccc4s3)(C/C1=N\O)C2(C)C. The van der Waals surface area contributed by atoms with E-state index in [4.69, 9.17) is 0 Å². The van der Waals surface area contributed by atoms with Crippen molar-refractivity contribution < 1.29 is 10.0 Å². The molecule has 126 valence electrons. The summed E-state index contributed by atoms with van der Waals surface area (Å²) in [6.07, 6.45) is 2.20. The van der Waals surface area contributed by atoms with Gasteiger partial charge in [0.15, 0.2) is 5.13 Å². The molecule has 2 aromatic rings. The molecule has 2 atom stereocenters. The van der Waals surface area contributed by atoms with Crippen LogP contribution in [0.1, 0.15) is 40.0 Å². The zero-order valence-electron chi connectivity index (χ0n) is 14.1. The van der Waals surface area contributed by atoms with E-state index in [1.165, 1.54) is 11.3 Å². The first-order valence-corrected chi connectivity index (χ1v) is 9.04. The number of benzene rings is 1. The Bertz CT molecular complexity index is 839. The fraction of sp³-hybridized carbons (Fsp3) is 0.500. The van der Waals surface area contributed by atoms with Gasteiger partial charge in [-0.05, 0) is 30.4 Å². The number of fused-ring (bicyclic) bond motifs is 3. The topological polar surface area (TPSA) is 74.6 Å². The quantitative estimate of drug-likeness (QED) is 0.631. The molecule has 2 saturated carbocycles. The van der Waals surface area contributed by atoms with E-state index in [2.05, 4.69) is 36.2 Å². The predicted molar refractivity (Wildman–Crippen MR) is 95.6 cm³/mol. The molecule has 0 spiro atoms. The van der Waals surface area contributed by atoms with Gasteiger partial charge in [-0.1, -0.05) is 49.4 Å². The Hall–Kier alpha value is -1.95. The average Bonchev–Trinajstić information content (AvgIpc) is 3.10. The summed E-state index contributed by atoms with van der Waals surface area (Å²) in [5.74, 6) is -0.00562. The summed E-state index contributed by atoms with van der Waals surface area (Å²) in [6.45, 7) is 6.36. The van der Waals surface area contributed by atoms with Gasteiger partial charge < -0.3 is 10.5 Å². The molecule has 1 aromatic carbocycles. The number of carbonyl (C=O) groups is 1. The minimum absolute atomic E-state index is 0.00562. The van der Waals surface area contributed by atoms with Crippen LogP contribution in [-0.4, -0.2) is 21.8 Å². The van der Waals surface area contributed by atoms with Crippen LogP contribution in [0.25, 0.3) is 10.2 Å². The Labute approximate surface area is 144 Å². The van der Waals surface area contributed by atoms with Crippen LogP contribution in [0.5, 0.6) is 0 Å². The molecule has 0 saturated heterocycles. The number of amides is 1. The van der Waals surface area contributed by atoms with Crippen molar-refractivity contribution in [3.05, 3.63) is 24.3 Å². The third-order valence-corrected chi connectivity index (χ3v) is 7.76. The predicted octanol–water partition coefficient (Wildman–Crippen LogP) is 4.28. The van der Waals surface area contributed by atoms with Gasteiger partial charge in [-0.3, -0.25) is 4.79 Å². The Morgan fingerprint density at radius 2 is 2.04 bits per heavy atom. The van der Waals surface area contributed by atoms with Crippen molar-refractivity contribution in [1.82, 2.24) is 4.98 Å². The van der Waals surface area contributed by atoms with Crippen LogP contribution in [0.4, 0.5) is 5.13 Å². The fourth-order valence-corrected chi connectivity index (χ4v) is 5.54. The van der Waals surface area contributed by atoms with E-state index in [-0.39, 0.29) is 16.7 Å². The first-order valence-electron chi connectivity index (χ1n) is 8.22. The lowest BCUT2D eigenvalue weighted by Crippen LogP contribution is -2.43. The van der Waals surface area contributed by atoms with Crippen molar-refractivity contribution in [2.45, 2.75) is 40.0 Å². The summed E-state index contributed by atoms with van der Waals surface area (Å²) >= 11 is 1.49. The molecule has 2 bridgehead atoms. The van der Waals surface area contributed by atoms with E-state index >= 15 is 0 Å². The van der Waals surface area contributed by atoms with E-state index in [0.29, 0.717) is 11.6 Å². The van der Waals surface area contributed by atoms with Crippen molar-refractivity contribution in [3.63, 3.8) is 0 Å². The van der Waals surface area contributed by atoms with Gasteiger partial charge in [0.1, 0.15) is 0 Å². The molecule has 1 heterocycles. The largest absolute Gasteiger partial charge is 0.411 e. The Morgan fingerprint density at radius 3 is 2.71 bits per heavy atom. The minimum atomic E-state index is -0.541. The van der Waals surface area contributed by atoms with Gasteiger partial charge in [-0.15, -0.1) is 0 Å². The molecule has 2 aliphatic carbocycles. The molecule has 1 amide bonds. The highest BCUT2D eigenvalue weighted by atomic mass is 32.1. The summed E-state index contributed by atoms with van der Waals surface area (Å²) in [5.41, 5.74) is 0.615. The Morgan fingerprint density at radius 1 is 1.29 bits per heavy atom. The van der Waals surface area contributed by atoms with Gasteiger partial charge >= 0.3 is 0 Å². The molecular weight excluding hydrogens is 322 g/mol. The van der Waals surface area contributed by atoms with Crippen molar-refractivity contribution in [1.29, 1.82) is 0 Å². The fourth-order valence-electron chi connectivity index (χ4n) is 4.68. The number of anilines is 1. The van der Waals surface area contributed by atoms with Crippen molar-refractivity contribution in [3.8, 4) is 0 Å². The highest BCUT2D eigenvalue weighted by Gasteiger charge is 2.71. The maximum absolute atomic E-state index is 13.2. The lowest BCUT2D eigenvalue weighted by atomic mass is 9.64. The normalized spacial score (nSPS) is 32.5. The standard InChI is InChI=1S/C18H21N3O2S/c1-16(2)17(3)8-9-18(16,10-13(17)21-23)14(22)20-15-19-11-6-4-5-7-12(11)24-15/h4-7,23H,8-10H2,1-3H3,(H,19,20,22)/b21-13+. The summed E-state index contributed by atoms with van der Waals surface area (Å²) in [4.78, 5) is 17.7. The van der Waals surface area contributed by atoms with Crippen LogP contribution in [0.3, 0.4) is 0 Å². The lowest BCUT2D eigenvalue weighted by Gasteiger charge is -2.39. The molecule has 1 aromatic heterocycles. The van der Waals surface area contributed by atoms with Crippen molar-refractivity contribution in [2.75, 3.05) is 5.32 Å². The Kier molecular flexibility index (Phi) is 3.10. The molecular formula is C18H21N3O2S. The zero-order chi connectivity index (χ0) is 17.2. The van der Waals surface area contributed by atoms with E-state index < -0.39 is 5.41 Å². The summed E-state index contributed by atoms with van der Waals surface area (Å²) in [5, 5.41) is 16.6. The molecule has 6 heteroatoms. The second-order valence-electron chi connectivity index (χ2n) is 7.70. The number of rotatable bonds is 2. The first-order chi connectivity index (χ1) is 11.3. The molecule has 24 heavy (non-hydrogen) atoms. The number of para-hydroxylation sites is 1. The van der Waals surface area contributed by atoms with Gasteiger partial charge in [0.25, 0.3) is 0 Å². The van der Waals surface area contributed by atoms with Crippen LogP contribution >= 0.6 is 11.3 Å². The maximum Gasteiger partial charge on any atom is 0.233 e. The number of aromatic nitrogens is 1. The molecule has 0 radical (unpaired) electrons. The van der Waals surface area contributed by atoms with Gasteiger partial charge in [-0.2, -0.15) is 0 Å². The minimum Gasteiger partial charge on any atom is -0.411 e. The molecule has 2 aliphatic rings. The smallest absolute Gasteiger partial charge is 0.233 e. The van der Waals surface area contributed by atoms with Gasteiger partial charge in [0.2, 0.25) is 5.91 Å². The zero-order valence-corrected chi connectivity index (χ0v) is 14.9. The van der Waals surface area contributed by atoms with E-state index in [0.717, 1.165) is 28.8 Å². The van der Waals surface area contributed by atoms with Crippen LogP contribution in [0.15, 0.2) is 29.4 Å². The number of thiazole rings is 1. The van der Waals surface area contributed by atoms with Gasteiger partial charge in [0, 0.05) is 11.8 Å². The monoisotopic (exact) mass is 343 g/mol. The van der Waals surface area contributed by atoms with Crippen LogP contribution < -0.4 is 5.32 Å². The molecule has 2 unspecified atom stereocenters. The van der Waals surface area contributed by atoms with E-state index in [9.17, 15) is 10.0 Å². The van der Waals surface area contributed by atoms with Crippen LogP contribution in [-0.2, 0) is 4.79 Å². The second-order valence-corrected chi connectivity index (χ2v) is 8.73.